The van der Waals surface area contributed by atoms with E-state index in [0.717, 1.165) is 5.56 Å². The van der Waals surface area contributed by atoms with Crippen LogP contribution in [-0.4, -0.2) is 10.4 Å². The molecule has 0 fully saturated rings. The van der Waals surface area contributed by atoms with Crippen LogP contribution in [0.1, 0.15) is 12.5 Å². The molecule has 0 aliphatic rings. The van der Waals surface area contributed by atoms with Crippen molar-refractivity contribution in [1.82, 2.24) is 0 Å². The summed E-state index contributed by atoms with van der Waals surface area (Å²) in [6.07, 6.45) is 0. The van der Waals surface area contributed by atoms with Gasteiger partial charge in [-0.1, -0.05) is 41.9 Å². The van der Waals surface area contributed by atoms with Crippen LogP contribution in [0, 0.1) is 0 Å². The number of halogens is 1. The summed E-state index contributed by atoms with van der Waals surface area (Å²) in [4.78, 5) is 0. The van der Waals surface area contributed by atoms with Crippen molar-refractivity contribution in [1.29, 1.82) is 0 Å². The molecule has 1 rings (SSSR count). The SMILES string of the molecule is CC(O)(Cl)OCc1ccccc1. The van der Waals surface area contributed by atoms with Crippen molar-refractivity contribution in [3.8, 4) is 0 Å². The molecule has 3 heteroatoms. The van der Waals surface area contributed by atoms with Crippen LogP contribution < -0.4 is 0 Å². The molecule has 0 heterocycles. The lowest BCUT2D eigenvalue weighted by molar-refractivity contribution is -0.132. The van der Waals surface area contributed by atoms with Crippen molar-refractivity contribution in [2.75, 3.05) is 0 Å². The number of hydrogen-bond acceptors (Lipinski definition) is 2. The topological polar surface area (TPSA) is 29.5 Å². The minimum absolute atomic E-state index is 0.317. The minimum Gasteiger partial charge on any atom is -0.353 e. The van der Waals surface area contributed by atoms with Gasteiger partial charge in [-0.2, -0.15) is 0 Å². The molecule has 12 heavy (non-hydrogen) atoms. The Balaban J connectivity index is 2.44. The third kappa shape index (κ3) is 3.72. The summed E-state index contributed by atoms with van der Waals surface area (Å²) in [5, 5.41) is 7.45. The van der Waals surface area contributed by atoms with Gasteiger partial charge in [0.1, 0.15) is 0 Å². The summed E-state index contributed by atoms with van der Waals surface area (Å²) in [6, 6.07) is 9.54. The summed E-state index contributed by atoms with van der Waals surface area (Å²) in [5.41, 5.74) is 0.985. The van der Waals surface area contributed by atoms with Crippen molar-refractivity contribution in [2.45, 2.75) is 18.8 Å². The van der Waals surface area contributed by atoms with Gasteiger partial charge in [0.15, 0.2) is 0 Å². The Morgan fingerprint density at radius 1 is 1.42 bits per heavy atom. The second-order valence-electron chi connectivity index (χ2n) is 2.64. The van der Waals surface area contributed by atoms with Crippen LogP contribution in [0.2, 0.25) is 0 Å². The van der Waals surface area contributed by atoms with Gasteiger partial charge in [-0.3, -0.25) is 0 Å². The van der Waals surface area contributed by atoms with E-state index in [1.165, 1.54) is 6.92 Å². The van der Waals surface area contributed by atoms with E-state index in [-0.39, 0.29) is 0 Å². The molecular weight excluding hydrogens is 176 g/mol. The molecule has 2 nitrogen and oxygen atoms in total. The maximum atomic E-state index is 9.02. The molecule has 0 aromatic heterocycles. The molecule has 1 unspecified atom stereocenters. The molecule has 1 aromatic carbocycles. The Morgan fingerprint density at radius 2 is 2.00 bits per heavy atom. The van der Waals surface area contributed by atoms with Crippen LogP contribution in [0.15, 0.2) is 30.3 Å². The standard InChI is InChI=1S/C9H11ClO2/c1-9(10,11)12-7-8-5-3-2-4-6-8/h2-6,11H,7H2,1H3. The highest BCUT2D eigenvalue weighted by Gasteiger charge is 2.15. The highest BCUT2D eigenvalue weighted by atomic mass is 35.5. The van der Waals surface area contributed by atoms with E-state index in [0.29, 0.717) is 6.61 Å². The Labute approximate surface area is 76.7 Å². The highest BCUT2D eigenvalue weighted by Crippen LogP contribution is 2.13. The lowest BCUT2D eigenvalue weighted by Gasteiger charge is -2.14. The number of alkyl halides is 1. The zero-order chi connectivity index (χ0) is 9.03. The summed E-state index contributed by atoms with van der Waals surface area (Å²) in [7, 11) is 0. The first-order valence-electron chi connectivity index (χ1n) is 3.67. The normalized spacial score (nSPS) is 15.6. The average Bonchev–Trinajstić information content (AvgIpc) is 2.02. The molecule has 0 saturated heterocycles. The number of benzene rings is 1. The zero-order valence-electron chi connectivity index (χ0n) is 6.83. The van der Waals surface area contributed by atoms with E-state index in [4.69, 9.17) is 21.4 Å². The molecule has 1 atom stereocenters. The monoisotopic (exact) mass is 186 g/mol. The smallest absolute Gasteiger partial charge is 0.243 e. The lowest BCUT2D eigenvalue weighted by atomic mass is 10.2. The number of hydrogen-bond donors (Lipinski definition) is 1. The summed E-state index contributed by atoms with van der Waals surface area (Å²) in [5.74, 6) is 0. The summed E-state index contributed by atoms with van der Waals surface area (Å²) < 4.78 is 4.94. The van der Waals surface area contributed by atoms with Crippen molar-refractivity contribution in [3.63, 3.8) is 0 Å². The predicted octanol–water partition coefficient (Wildman–Crippen LogP) is 2.11. The fourth-order valence-electron chi connectivity index (χ4n) is 0.789. The second-order valence-corrected chi connectivity index (χ2v) is 3.35. The molecule has 0 amide bonds. The summed E-state index contributed by atoms with van der Waals surface area (Å²) in [6.45, 7) is 1.70. The first-order valence-corrected chi connectivity index (χ1v) is 4.05. The van der Waals surface area contributed by atoms with Gasteiger partial charge in [0.25, 0.3) is 0 Å². The van der Waals surface area contributed by atoms with Crippen LogP contribution in [0.5, 0.6) is 0 Å². The van der Waals surface area contributed by atoms with Gasteiger partial charge in [0.05, 0.1) is 6.61 Å². The zero-order valence-corrected chi connectivity index (χ0v) is 7.58. The molecule has 0 radical (unpaired) electrons. The van der Waals surface area contributed by atoms with Gasteiger partial charge >= 0.3 is 0 Å². The third-order valence-electron chi connectivity index (χ3n) is 1.35. The van der Waals surface area contributed by atoms with E-state index in [1.807, 2.05) is 30.3 Å². The van der Waals surface area contributed by atoms with E-state index in [1.54, 1.807) is 0 Å². The van der Waals surface area contributed by atoms with Crippen molar-refractivity contribution in [3.05, 3.63) is 35.9 Å². The van der Waals surface area contributed by atoms with Gasteiger partial charge in [-0.15, -0.1) is 0 Å². The van der Waals surface area contributed by atoms with Crippen LogP contribution in [0.3, 0.4) is 0 Å². The average molecular weight is 187 g/mol. The van der Waals surface area contributed by atoms with Crippen LogP contribution in [0.25, 0.3) is 0 Å². The molecule has 1 aromatic rings. The van der Waals surface area contributed by atoms with E-state index >= 15 is 0 Å². The van der Waals surface area contributed by atoms with Gasteiger partial charge in [0.2, 0.25) is 5.25 Å². The third-order valence-corrected chi connectivity index (χ3v) is 1.45. The van der Waals surface area contributed by atoms with Gasteiger partial charge in [0, 0.05) is 6.92 Å². The maximum absolute atomic E-state index is 9.02. The Morgan fingerprint density at radius 3 is 2.50 bits per heavy atom. The largest absolute Gasteiger partial charge is 0.353 e. The maximum Gasteiger partial charge on any atom is 0.243 e. The van der Waals surface area contributed by atoms with Crippen LogP contribution >= 0.6 is 11.6 Å². The quantitative estimate of drug-likeness (QED) is 0.579. The Kier molecular flexibility index (Phi) is 3.09. The van der Waals surface area contributed by atoms with Crippen LogP contribution in [-0.2, 0) is 11.3 Å². The van der Waals surface area contributed by atoms with Gasteiger partial charge in [-0.05, 0) is 5.56 Å². The highest BCUT2D eigenvalue weighted by molar-refractivity contribution is 6.21. The summed E-state index contributed by atoms with van der Waals surface area (Å²) >= 11 is 5.42. The van der Waals surface area contributed by atoms with Crippen molar-refractivity contribution >= 4 is 11.6 Å². The van der Waals surface area contributed by atoms with E-state index < -0.39 is 5.25 Å². The minimum atomic E-state index is -1.57. The fourth-order valence-corrected chi connectivity index (χ4v) is 0.844. The first kappa shape index (κ1) is 9.52. The second kappa shape index (κ2) is 3.90. The Hall–Kier alpha value is -0.570. The molecule has 0 spiro atoms. The molecular formula is C9H11ClO2. The molecule has 1 N–H and O–H groups in total. The number of rotatable bonds is 3. The first-order chi connectivity index (χ1) is 5.58. The Bertz CT molecular complexity index is 228. The molecule has 66 valence electrons. The predicted molar refractivity (Wildman–Crippen MR) is 47.7 cm³/mol. The number of ether oxygens (including phenoxy) is 1. The molecule has 0 saturated carbocycles. The molecule has 0 bridgehead atoms. The van der Waals surface area contributed by atoms with Crippen LogP contribution in [0.4, 0.5) is 0 Å². The molecule has 0 aliphatic heterocycles. The van der Waals surface area contributed by atoms with Crippen molar-refractivity contribution < 1.29 is 9.84 Å². The van der Waals surface area contributed by atoms with Gasteiger partial charge in [-0.25, -0.2) is 0 Å². The lowest BCUT2D eigenvalue weighted by Crippen LogP contribution is -2.19. The van der Waals surface area contributed by atoms with Crippen molar-refractivity contribution in [2.24, 2.45) is 0 Å². The van der Waals surface area contributed by atoms with E-state index in [9.17, 15) is 0 Å². The van der Waals surface area contributed by atoms with E-state index in [2.05, 4.69) is 0 Å². The fraction of sp³-hybridized carbons (Fsp3) is 0.333. The molecule has 0 aliphatic carbocycles. The van der Waals surface area contributed by atoms with Gasteiger partial charge < -0.3 is 9.84 Å². The number of aliphatic hydroxyl groups is 1.